The quantitative estimate of drug-likeness (QED) is 0.754. The molecule has 1 aromatic carbocycles. The van der Waals surface area contributed by atoms with Crippen LogP contribution < -0.4 is 5.32 Å². The molecule has 29 heavy (non-hydrogen) atoms. The van der Waals surface area contributed by atoms with Gasteiger partial charge in [0.1, 0.15) is 29.9 Å². The fourth-order valence-electron chi connectivity index (χ4n) is 3.66. The summed E-state index contributed by atoms with van der Waals surface area (Å²) in [6.07, 6.45) is 6.03. The largest absolute Gasteiger partial charge is 0.376 e. The highest BCUT2D eigenvalue weighted by Gasteiger charge is 2.47. The van der Waals surface area contributed by atoms with Crippen LogP contribution in [-0.4, -0.2) is 63.1 Å². The van der Waals surface area contributed by atoms with Crippen LogP contribution in [0.1, 0.15) is 25.7 Å². The number of methoxy groups -OCH3 is 2. The topological polar surface area (TPSA) is 66.0 Å². The summed E-state index contributed by atoms with van der Waals surface area (Å²) in [5.41, 5.74) is -0.272. The van der Waals surface area contributed by atoms with Gasteiger partial charge in [0.15, 0.2) is 0 Å². The Morgan fingerprint density at radius 3 is 2.59 bits per heavy atom. The first kappa shape index (κ1) is 22.3. The molecule has 0 spiro atoms. The Morgan fingerprint density at radius 1 is 1.07 bits per heavy atom. The Bertz CT molecular complexity index is 656. The number of nitrogens with one attached hydrogen (secondary N) is 1. The first-order valence-corrected chi connectivity index (χ1v) is 11.1. The first-order chi connectivity index (χ1) is 14.2. The number of allylic oxidation sites excluding steroid dienone is 2. The first-order valence-electron chi connectivity index (χ1n) is 10.2. The number of benzene rings is 1. The molecule has 0 radical (unpaired) electrons. The number of hydrogen-bond acceptors (Lipinski definition) is 6. The van der Waals surface area contributed by atoms with Gasteiger partial charge in [0.2, 0.25) is 5.91 Å². The van der Waals surface area contributed by atoms with E-state index in [1.807, 2.05) is 30.3 Å². The second kappa shape index (κ2) is 11.7. The third-order valence-corrected chi connectivity index (χ3v) is 6.32. The van der Waals surface area contributed by atoms with Crippen molar-refractivity contribution in [3.05, 3.63) is 42.5 Å². The second-order valence-electron chi connectivity index (χ2n) is 7.17. The summed E-state index contributed by atoms with van der Waals surface area (Å²) in [6.45, 7) is 0.991. The van der Waals surface area contributed by atoms with Crippen LogP contribution in [0, 0.1) is 0 Å². The van der Waals surface area contributed by atoms with E-state index in [1.54, 1.807) is 26.0 Å². The zero-order valence-corrected chi connectivity index (χ0v) is 17.9. The van der Waals surface area contributed by atoms with Crippen LogP contribution in [0.15, 0.2) is 47.4 Å². The van der Waals surface area contributed by atoms with Crippen LogP contribution >= 0.6 is 11.8 Å². The lowest BCUT2D eigenvalue weighted by molar-refractivity contribution is -0.226. The lowest BCUT2D eigenvalue weighted by Crippen LogP contribution is -2.61. The van der Waals surface area contributed by atoms with Crippen molar-refractivity contribution in [2.45, 2.75) is 60.4 Å². The van der Waals surface area contributed by atoms with Gasteiger partial charge in [0, 0.05) is 38.7 Å². The van der Waals surface area contributed by atoms with Crippen molar-refractivity contribution >= 4 is 17.7 Å². The maximum absolute atomic E-state index is 12.2. The van der Waals surface area contributed by atoms with Crippen molar-refractivity contribution in [2.24, 2.45) is 0 Å². The molecule has 0 aliphatic carbocycles. The molecule has 0 saturated carbocycles. The van der Waals surface area contributed by atoms with Gasteiger partial charge in [0.25, 0.3) is 0 Å². The Hall–Kier alpha value is -1.38. The number of thioether (sulfide) groups is 1. The van der Waals surface area contributed by atoms with Crippen molar-refractivity contribution in [2.75, 3.05) is 27.4 Å². The van der Waals surface area contributed by atoms with Gasteiger partial charge >= 0.3 is 0 Å². The normalized spacial score (nSPS) is 32.8. The van der Waals surface area contributed by atoms with Crippen LogP contribution in [0.2, 0.25) is 0 Å². The van der Waals surface area contributed by atoms with Gasteiger partial charge in [-0.05, 0) is 31.4 Å². The average Bonchev–Trinajstić information content (AvgIpc) is 2.76. The molecule has 2 heterocycles. The van der Waals surface area contributed by atoms with Crippen LogP contribution in [-0.2, 0) is 23.7 Å². The van der Waals surface area contributed by atoms with Crippen LogP contribution in [0.3, 0.4) is 0 Å². The fraction of sp³-hybridized carbons (Fsp3) is 0.591. The Kier molecular flexibility index (Phi) is 9.01. The number of hydrogen-bond donors (Lipinski definition) is 1. The summed E-state index contributed by atoms with van der Waals surface area (Å²) in [5, 5.41) is 3.00. The van der Waals surface area contributed by atoms with Gasteiger partial charge in [-0.1, -0.05) is 42.1 Å². The molecule has 3 rings (SSSR count). The predicted molar refractivity (Wildman–Crippen MR) is 113 cm³/mol. The Labute approximate surface area is 177 Å². The Morgan fingerprint density at radius 2 is 1.83 bits per heavy atom. The number of rotatable bonds is 4. The standard InChI is InChI=1S/C22H31NO5S/c1-25-20-19-17(15-23-18(24)13-9-4-3-5-10-14-27-19)28-22(21(20)26-2)29-16-11-7-6-8-12-16/h3-4,6-8,11-12,17,19-22H,5,9-10,13-15H2,1-2H3,(H,23,24)/b4-3+/t17-,19-,20+,21-,22+/m1/s1. The lowest BCUT2D eigenvalue weighted by Gasteiger charge is -2.45. The highest BCUT2D eigenvalue weighted by atomic mass is 32.2. The molecule has 2 aliphatic heterocycles. The number of carbonyl (C=O) groups is 1. The summed E-state index contributed by atoms with van der Waals surface area (Å²) >= 11 is 1.60. The molecule has 2 aliphatic rings. The maximum atomic E-state index is 12.2. The van der Waals surface area contributed by atoms with E-state index in [4.69, 9.17) is 18.9 Å². The van der Waals surface area contributed by atoms with Crippen molar-refractivity contribution in [3.63, 3.8) is 0 Å². The van der Waals surface area contributed by atoms with E-state index in [0.717, 1.165) is 24.2 Å². The number of ether oxygens (including phenoxy) is 4. The van der Waals surface area contributed by atoms with Crippen LogP contribution in [0.5, 0.6) is 0 Å². The van der Waals surface area contributed by atoms with Gasteiger partial charge in [-0.15, -0.1) is 0 Å². The summed E-state index contributed by atoms with van der Waals surface area (Å²) in [4.78, 5) is 13.3. The zero-order valence-electron chi connectivity index (χ0n) is 17.1. The van der Waals surface area contributed by atoms with E-state index in [9.17, 15) is 4.79 Å². The second-order valence-corrected chi connectivity index (χ2v) is 8.34. The van der Waals surface area contributed by atoms with Gasteiger partial charge in [0.05, 0.1) is 0 Å². The van der Waals surface area contributed by atoms with Gasteiger partial charge in [-0.2, -0.15) is 0 Å². The van der Waals surface area contributed by atoms with E-state index in [1.165, 1.54) is 0 Å². The van der Waals surface area contributed by atoms with Crippen molar-refractivity contribution in [1.82, 2.24) is 5.32 Å². The van der Waals surface area contributed by atoms with E-state index < -0.39 is 0 Å². The van der Waals surface area contributed by atoms with E-state index in [2.05, 4.69) is 17.5 Å². The third kappa shape index (κ3) is 6.30. The van der Waals surface area contributed by atoms with Gasteiger partial charge in [-0.3, -0.25) is 4.79 Å². The molecule has 1 fully saturated rings. The van der Waals surface area contributed by atoms with Crippen molar-refractivity contribution in [1.29, 1.82) is 0 Å². The number of fused-ring (bicyclic) bond motifs is 1. The number of carbonyl (C=O) groups excluding carboxylic acids is 1. The average molecular weight is 422 g/mol. The molecule has 0 unspecified atom stereocenters. The molecular formula is C22H31NO5S. The molecule has 160 valence electrons. The van der Waals surface area contributed by atoms with Gasteiger partial charge < -0.3 is 24.3 Å². The summed E-state index contributed by atoms with van der Waals surface area (Å²) < 4.78 is 24.3. The molecule has 1 N–H and O–H groups in total. The highest BCUT2D eigenvalue weighted by Crippen LogP contribution is 2.36. The minimum atomic E-state index is -0.317. The van der Waals surface area contributed by atoms with E-state index in [0.29, 0.717) is 19.6 Å². The lowest BCUT2D eigenvalue weighted by atomic mass is 9.98. The smallest absolute Gasteiger partial charge is 0.220 e. The highest BCUT2D eigenvalue weighted by molar-refractivity contribution is 7.99. The van der Waals surface area contributed by atoms with Crippen molar-refractivity contribution in [3.8, 4) is 0 Å². The van der Waals surface area contributed by atoms with E-state index >= 15 is 0 Å². The monoisotopic (exact) mass is 421 g/mol. The predicted octanol–water partition coefficient (Wildman–Crippen LogP) is 3.17. The minimum Gasteiger partial charge on any atom is -0.376 e. The molecule has 1 amide bonds. The molecular weight excluding hydrogens is 390 g/mol. The molecule has 6 nitrogen and oxygen atoms in total. The maximum Gasteiger partial charge on any atom is 0.220 e. The molecule has 7 heteroatoms. The Balaban J connectivity index is 1.78. The molecule has 5 atom stereocenters. The molecule has 0 bridgehead atoms. The summed E-state index contributed by atoms with van der Waals surface area (Å²) in [6, 6.07) is 10.1. The fourth-order valence-corrected chi connectivity index (χ4v) is 4.84. The van der Waals surface area contributed by atoms with Crippen molar-refractivity contribution < 1.29 is 23.7 Å². The number of amides is 1. The SMILES string of the molecule is CO[C@@H]1[C@@H](OC)[C@H](Sc2ccccc2)O[C@@H]2CNC(=O)CC/C=C/CCCO[C@@H]12. The summed E-state index contributed by atoms with van der Waals surface area (Å²) in [7, 11) is 3.35. The molecule has 0 aromatic heterocycles. The molecule has 1 saturated heterocycles. The summed E-state index contributed by atoms with van der Waals surface area (Å²) in [5.74, 6) is 0.0198. The van der Waals surface area contributed by atoms with Gasteiger partial charge in [-0.25, -0.2) is 0 Å². The zero-order chi connectivity index (χ0) is 20.5. The van der Waals surface area contributed by atoms with E-state index in [-0.39, 0.29) is 35.8 Å². The van der Waals surface area contributed by atoms with Crippen LogP contribution in [0.4, 0.5) is 0 Å². The minimum absolute atomic E-state index is 0.0198. The third-order valence-electron chi connectivity index (χ3n) is 5.16. The van der Waals surface area contributed by atoms with Crippen LogP contribution in [0.25, 0.3) is 0 Å². The molecule has 1 aromatic rings.